The summed E-state index contributed by atoms with van der Waals surface area (Å²) >= 11 is 3.73. The first kappa shape index (κ1) is 11.8. The number of benzene rings is 2. The Kier molecular flexibility index (Phi) is 2.29. The topological polar surface area (TPSA) is 0 Å². The van der Waals surface area contributed by atoms with Gasteiger partial charge in [0.25, 0.3) is 0 Å². The van der Waals surface area contributed by atoms with E-state index in [1.54, 1.807) is 5.56 Å². The first-order chi connectivity index (χ1) is 9.77. The Balaban J connectivity index is 1.74. The predicted octanol–water partition coefficient (Wildman–Crippen LogP) is 5.68. The maximum absolute atomic E-state index is 3.73. The highest BCUT2D eigenvalue weighted by Crippen LogP contribution is 2.67. The SMILES string of the molecule is Brc1ccc(C23C[C@H]4CC[C@@H](C2)[C@@H]4C3)c2ccccc12. The summed E-state index contributed by atoms with van der Waals surface area (Å²) in [6.07, 6.45) is 7.39. The van der Waals surface area contributed by atoms with Gasteiger partial charge in [-0.05, 0) is 77.7 Å². The average Bonchev–Trinajstić information content (AvgIpc) is 3.06. The summed E-state index contributed by atoms with van der Waals surface area (Å²) in [5.41, 5.74) is 2.16. The first-order valence-corrected chi connectivity index (χ1v) is 8.74. The summed E-state index contributed by atoms with van der Waals surface area (Å²) in [5.74, 6) is 3.13. The van der Waals surface area contributed by atoms with Crippen LogP contribution in [-0.2, 0) is 5.41 Å². The Hall–Kier alpha value is -0.820. The van der Waals surface area contributed by atoms with Crippen LogP contribution >= 0.6 is 15.9 Å². The van der Waals surface area contributed by atoms with Gasteiger partial charge >= 0.3 is 0 Å². The van der Waals surface area contributed by atoms with Gasteiger partial charge in [0.15, 0.2) is 0 Å². The molecule has 2 aromatic rings. The lowest BCUT2D eigenvalue weighted by Gasteiger charge is -2.31. The zero-order valence-corrected chi connectivity index (χ0v) is 13.2. The maximum atomic E-state index is 3.73. The lowest BCUT2D eigenvalue weighted by atomic mass is 9.73. The van der Waals surface area contributed by atoms with Crippen LogP contribution in [0.15, 0.2) is 40.9 Å². The van der Waals surface area contributed by atoms with Gasteiger partial charge in [-0.2, -0.15) is 0 Å². The fourth-order valence-corrected chi connectivity index (χ4v) is 6.32. The third-order valence-corrected chi connectivity index (χ3v) is 7.19. The second-order valence-corrected chi connectivity index (χ2v) is 8.15. The van der Waals surface area contributed by atoms with Crippen LogP contribution in [0.1, 0.15) is 37.7 Å². The normalized spacial score (nSPS) is 38.0. The van der Waals surface area contributed by atoms with E-state index >= 15 is 0 Å². The Morgan fingerprint density at radius 1 is 0.850 bits per heavy atom. The van der Waals surface area contributed by atoms with Crippen molar-refractivity contribution in [2.24, 2.45) is 17.8 Å². The molecule has 3 aliphatic carbocycles. The summed E-state index contributed by atoms with van der Waals surface area (Å²) in [6, 6.07) is 13.6. The molecule has 102 valence electrons. The Morgan fingerprint density at radius 2 is 1.55 bits per heavy atom. The van der Waals surface area contributed by atoms with Crippen molar-refractivity contribution in [3.63, 3.8) is 0 Å². The zero-order chi connectivity index (χ0) is 13.3. The molecule has 1 heteroatoms. The maximum Gasteiger partial charge on any atom is 0.0253 e. The molecule has 0 nitrogen and oxygen atoms in total. The number of fused-ring (bicyclic) bond motifs is 2. The van der Waals surface area contributed by atoms with Crippen LogP contribution in [0, 0.1) is 17.8 Å². The van der Waals surface area contributed by atoms with Gasteiger partial charge in [-0.1, -0.05) is 46.3 Å². The van der Waals surface area contributed by atoms with Crippen molar-refractivity contribution >= 4 is 26.7 Å². The molecular formula is C19H19Br. The van der Waals surface area contributed by atoms with E-state index in [0.29, 0.717) is 5.41 Å². The summed E-state index contributed by atoms with van der Waals surface area (Å²) in [4.78, 5) is 0. The van der Waals surface area contributed by atoms with Crippen molar-refractivity contribution in [2.45, 2.75) is 37.5 Å². The number of hydrogen-bond acceptors (Lipinski definition) is 0. The second-order valence-electron chi connectivity index (χ2n) is 7.29. The molecule has 4 atom stereocenters. The van der Waals surface area contributed by atoms with E-state index in [2.05, 4.69) is 52.3 Å². The Bertz CT molecular complexity index is 682. The first-order valence-electron chi connectivity index (χ1n) is 7.95. The van der Waals surface area contributed by atoms with Crippen molar-refractivity contribution in [2.75, 3.05) is 0 Å². The third-order valence-electron chi connectivity index (χ3n) is 6.49. The molecule has 5 rings (SSSR count). The summed E-state index contributed by atoms with van der Waals surface area (Å²) in [7, 11) is 0. The number of hydrogen-bond donors (Lipinski definition) is 0. The summed E-state index contributed by atoms with van der Waals surface area (Å²) in [6.45, 7) is 0. The molecule has 3 aliphatic rings. The Labute approximate surface area is 128 Å². The molecule has 0 amide bonds. The fourth-order valence-electron chi connectivity index (χ4n) is 5.84. The largest absolute Gasteiger partial charge is 0.0616 e. The van der Waals surface area contributed by atoms with Gasteiger partial charge in [0.2, 0.25) is 0 Å². The van der Waals surface area contributed by atoms with E-state index in [-0.39, 0.29) is 0 Å². The van der Waals surface area contributed by atoms with Crippen LogP contribution in [0.25, 0.3) is 10.8 Å². The van der Waals surface area contributed by atoms with E-state index in [0.717, 1.165) is 17.8 Å². The molecule has 0 aliphatic heterocycles. The van der Waals surface area contributed by atoms with Crippen molar-refractivity contribution < 1.29 is 0 Å². The smallest absolute Gasteiger partial charge is 0.0253 e. The van der Waals surface area contributed by atoms with Crippen LogP contribution in [0.2, 0.25) is 0 Å². The lowest BCUT2D eigenvalue weighted by Crippen LogP contribution is -2.23. The van der Waals surface area contributed by atoms with Crippen LogP contribution in [0.5, 0.6) is 0 Å². The van der Waals surface area contributed by atoms with E-state index in [1.807, 2.05) is 0 Å². The minimum atomic E-state index is 0.511. The van der Waals surface area contributed by atoms with Gasteiger partial charge in [0, 0.05) is 4.47 Å². The minimum absolute atomic E-state index is 0.511. The molecule has 0 saturated heterocycles. The van der Waals surface area contributed by atoms with E-state index in [1.165, 1.54) is 47.3 Å². The highest BCUT2D eigenvalue weighted by molar-refractivity contribution is 9.10. The average molecular weight is 327 g/mol. The van der Waals surface area contributed by atoms with Crippen LogP contribution in [0.4, 0.5) is 0 Å². The molecule has 20 heavy (non-hydrogen) atoms. The van der Waals surface area contributed by atoms with Crippen LogP contribution < -0.4 is 0 Å². The summed E-state index contributed by atoms with van der Waals surface area (Å²) in [5, 5.41) is 2.88. The molecule has 3 fully saturated rings. The van der Waals surface area contributed by atoms with Crippen LogP contribution in [0.3, 0.4) is 0 Å². The van der Waals surface area contributed by atoms with Gasteiger partial charge in [-0.3, -0.25) is 0 Å². The van der Waals surface area contributed by atoms with Gasteiger partial charge < -0.3 is 0 Å². The number of rotatable bonds is 1. The molecule has 0 aromatic heterocycles. The lowest BCUT2D eigenvalue weighted by molar-refractivity contribution is 0.309. The monoisotopic (exact) mass is 326 g/mol. The van der Waals surface area contributed by atoms with Gasteiger partial charge in [-0.15, -0.1) is 0 Å². The highest BCUT2D eigenvalue weighted by Gasteiger charge is 2.58. The van der Waals surface area contributed by atoms with Gasteiger partial charge in [0.1, 0.15) is 0 Å². The van der Waals surface area contributed by atoms with Crippen molar-refractivity contribution in [1.82, 2.24) is 0 Å². The van der Waals surface area contributed by atoms with Crippen molar-refractivity contribution in [3.05, 3.63) is 46.4 Å². The van der Waals surface area contributed by atoms with Crippen molar-refractivity contribution in [1.29, 1.82) is 0 Å². The molecule has 0 radical (unpaired) electrons. The molecule has 1 unspecified atom stereocenters. The quantitative estimate of drug-likeness (QED) is 0.632. The Morgan fingerprint density at radius 3 is 2.25 bits per heavy atom. The van der Waals surface area contributed by atoms with E-state index in [9.17, 15) is 0 Å². The molecule has 2 aromatic carbocycles. The molecular weight excluding hydrogens is 308 g/mol. The molecule has 0 spiro atoms. The van der Waals surface area contributed by atoms with Gasteiger partial charge in [0.05, 0.1) is 0 Å². The molecule has 0 heterocycles. The standard InChI is InChI=1S/C19H19Br/c20-18-8-7-17(14-3-1-2-4-15(14)18)19-9-12-5-6-13(10-19)16(12)11-19/h1-4,7-8,12-13,16H,5-6,9-11H2/t12-,13+,16-,19?. The second kappa shape index (κ2) is 3.88. The number of halogens is 1. The molecule has 3 saturated carbocycles. The van der Waals surface area contributed by atoms with Crippen molar-refractivity contribution in [3.8, 4) is 0 Å². The minimum Gasteiger partial charge on any atom is -0.0616 e. The van der Waals surface area contributed by atoms with E-state index < -0.39 is 0 Å². The highest BCUT2D eigenvalue weighted by atomic mass is 79.9. The zero-order valence-electron chi connectivity index (χ0n) is 11.6. The third kappa shape index (κ3) is 1.38. The summed E-state index contributed by atoms with van der Waals surface area (Å²) < 4.78 is 1.24. The predicted molar refractivity (Wildman–Crippen MR) is 86.9 cm³/mol. The fraction of sp³-hybridized carbons (Fsp3) is 0.474. The molecule has 0 N–H and O–H groups in total. The van der Waals surface area contributed by atoms with E-state index in [4.69, 9.17) is 0 Å². The van der Waals surface area contributed by atoms with Gasteiger partial charge in [-0.25, -0.2) is 0 Å². The molecule has 2 bridgehead atoms. The van der Waals surface area contributed by atoms with Crippen LogP contribution in [-0.4, -0.2) is 0 Å².